The van der Waals surface area contributed by atoms with Crippen LogP contribution in [0, 0.1) is 6.92 Å². The molecular formula is C18H19N3O2S. The number of rotatable bonds is 4. The molecule has 0 atom stereocenters. The SMILES string of the molecule is CCS(=O)(=O)c1cnccc1-c1nc2cc(C)ccc2n1C1CC1. The van der Waals surface area contributed by atoms with Gasteiger partial charge in [0, 0.05) is 24.0 Å². The standard InChI is InChI=1S/C18H19N3O2S/c1-3-24(22,23)17-11-19-9-8-14(17)18-20-15-10-12(2)4-7-16(15)21(18)13-5-6-13/h4,7-11,13H,3,5-6H2,1-2H3. The van der Waals surface area contributed by atoms with Crippen molar-refractivity contribution >= 4 is 20.9 Å². The van der Waals surface area contributed by atoms with E-state index in [1.165, 1.54) is 6.20 Å². The largest absolute Gasteiger partial charge is 0.321 e. The highest BCUT2D eigenvalue weighted by molar-refractivity contribution is 7.91. The van der Waals surface area contributed by atoms with Crippen LogP contribution in [0.15, 0.2) is 41.6 Å². The van der Waals surface area contributed by atoms with Gasteiger partial charge in [-0.2, -0.15) is 0 Å². The Morgan fingerprint density at radius 1 is 1.25 bits per heavy atom. The maximum Gasteiger partial charge on any atom is 0.180 e. The maximum absolute atomic E-state index is 12.5. The Morgan fingerprint density at radius 3 is 2.75 bits per heavy atom. The molecule has 1 fully saturated rings. The van der Waals surface area contributed by atoms with Crippen LogP contribution < -0.4 is 0 Å². The third kappa shape index (κ3) is 2.41. The van der Waals surface area contributed by atoms with E-state index >= 15 is 0 Å². The highest BCUT2D eigenvalue weighted by atomic mass is 32.2. The lowest BCUT2D eigenvalue weighted by Gasteiger charge is -2.11. The van der Waals surface area contributed by atoms with Crippen LogP contribution in [-0.4, -0.2) is 28.7 Å². The molecule has 24 heavy (non-hydrogen) atoms. The van der Waals surface area contributed by atoms with Crippen molar-refractivity contribution in [1.82, 2.24) is 14.5 Å². The molecule has 0 aliphatic heterocycles. The third-order valence-electron chi connectivity index (χ3n) is 4.50. The summed E-state index contributed by atoms with van der Waals surface area (Å²) in [5, 5.41) is 0. The van der Waals surface area contributed by atoms with Gasteiger partial charge in [0.25, 0.3) is 0 Å². The number of aryl methyl sites for hydroxylation is 1. The molecule has 2 heterocycles. The molecule has 0 unspecified atom stereocenters. The van der Waals surface area contributed by atoms with Gasteiger partial charge in [-0.15, -0.1) is 0 Å². The second kappa shape index (κ2) is 5.41. The second-order valence-corrected chi connectivity index (χ2v) is 8.55. The predicted octanol–water partition coefficient (Wildman–Crippen LogP) is 3.54. The molecule has 1 aliphatic rings. The number of sulfone groups is 1. The zero-order valence-electron chi connectivity index (χ0n) is 13.7. The molecule has 0 bridgehead atoms. The number of fused-ring (bicyclic) bond motifs is 1. The van der Waals surface area contributed by atoms with E-state index in [1.54, 1.807) is 19.2 Å². The van der Waals surface area contributed by atoms with E-state index in [1.807, 2.05) is 13.0 Å². The summed E-state index contributed by atoms with van der Waals surface area (Å²) in [5.41, 5.74) is 3.77. The highest BCUT2D eigenvalue weighted by Crippen LogP contribution is 2.42. The average Bonchev–Trinajstić information content (AvgIpc) is 3.35. The first-order valence-electron chi connectivity index (χ1n) is 8.17. The van der Waals surface area contributed by atoms with Gasteiger partial charge in [0.15, 0.2) is 9.84 Å². The Hall–Kier alpha value is -2.21. The van der Waals surface area contributed by atoms with Gasteiger partial charge >= 0.3 is 0 Å². The topological polar surface area (TPSA) is 64.8 Å². The van der Waals surface area contributed by atoms with Gasteiger partial charge in [-0.3, -0.25) is 4.98 Å². The average molecular weight is 341 g/mol. The van der Waals surface area contributed by atoms with Gasteiger partial charge in [0.1, 0.15) is 5.82 Å². The van der Waals surface area contributed by atoms with Crippen molar-refractivity contribution in [2.24, 2.45) is 0 Å². The van der Waals surface area contributed by atoms with E-state index in [0.29, 0.717) is 11.6 Å². The molecule has 0 amide bonds. The van der Waals surface area contributed by atoms with Crippen LogP contribution in [0.25, 0.3) is 22.4 Å². The predicted molar refractivity (Wildman–Crippen MR) is 93.7 cm³/mol. The zero-order valence-corrected chi connectivity index (χ0v) is 14.5. The number of benzene rings is 1. The molecule has 0 N–H and O–H groups in total. The summed E-state index contributed by atoms with van der Waals surface area (Å²) in [6.07, 6.45) is 5.28. The lowest BCUT2D eigenvalue weighted by Crippen LogP contribution is -2.08. The summed E-state index contributed by atoms with van der Waals surface area (Å²) in [6, 6.07) is 8.36. The number of pyridine rings is 1. The van der Waals surface area contributed by atoms with Crippen molar-refractivity contribution in [3.63, 3.8) is 0 Å². The lowest BCUT2D eigenvalue weighted by molar-refractivity contribution is 0.597. The Kier molecular flexibility index (Phi) is 3.46. The molecule has 0 spiro atoms. The minimum atomic E-state index is -3.36. The van der Waals surface area contributed by atoms with E-state index in [0.717, 1.165) is 35.3 Å². The molecule has 5 nitrogen and oxygen atoms in total. The van der Waals surface area contributed by atoms with E-state index in [-0.39, 0.29) is 10.6 Å². The fraction of sp³-hybridized carbons (Fsp3) is 0.333. The minimum absolute atomic E-state index is 0.0501. The van der Waals surface area contributed by atoms with Crippen LogP contribution in [0.5, 0.6) is 0 Å². The van der Waals surface area contributed by atoms with Crippen molar-refractivity contribution in [2.75, 3.05) is 5.75 Å². The van der Waals surface area contributed by atoms with Gasteiger partial charge in [-0.05, 0) is 43.5 Å². The van der Waals surface area contributed by atoms with Crippen LogP contribution >= 0.6 is 0 Å². The Bertz CT molecular complexity index is 1030. The summed E-state index contributed by atoms with van der Waals surface area (Å²) < 4.78 is 27.2. The molecule has 2 aromatic heterocycles. The van der Waals surface area contributed by atoms with Crippen molar-refractivity contribution in [1.29, 1.82) is 0 Å². The summed E-state index contributed by atoms with van der Waals surface area (Å²) in [7, 11) is -3.36. The first-order chi connectivity index (χ1) is 11.5. The van der Waals surface area contributed by atoms with Crippen LogP contribution in [0.4, 0.5) is 0 Å². The first kappa shape index (κ1) is 15.3. The van der Waals surface area contributed by atoms with Gasteiger partial charge in [0.05, 0.1) is 21.7 Å². The number of nitrogens with zero attached hydrogens (tertiary/aromatic N) is 3. The van der Waals surface area contributed by atoms with E-state index in [4.69, 9.17) is 4.98 Å². The molecule has 3 aromatic rings. The molecule has 1 aliphatic carbocycles. The van der Waals surface area contributed by atoms with Crippen molar-refractivity contribution in [2.45, 2.75) is 37.6 Å². The van der Waals surface area contributed by atoms with Gasteiger partial charge in [0.2, 0.25) is 0 Å². The third-order valence-corrected chi connectivity index (χ3v) is 6.25. The number of aromatic nitrogens is 3. The van der Waals surface area contributed by atoms with Crippen LogP contribution in [-0.2, 0) is 9.84 Å². The lowest BCUT2D eigenvalue weighted by atomic mass is 10.2. The van der Waals surface area contributed by atoms with E-state index < -0.39 is 9.84 Å². The van der Waals surface area contributed by atoms with Crippen LogP contribution in [0.3, 0.4) is 0 Å². The molecule has 1 saturated carbocycles. The highest BCUT2D eigenvalue weighted by Gasteiger charge is 2.30. The van der Waals surface area contributed by atoms with Crippen molar-refractivity contribution in [3.05, 3.63) is 42.2 Å². The normalized spacial score (nSPS) is 15.1. The molecular weight excluding hydrogens is 322 g/mol. The maximum atomic E-state index is 12.5. The molecule has 124 valence electrons. The zero-order chi connectivity index (χ0) is 16.9. The minimum Gasteiger partial charge on any atom is -0.321 e. The quantitative estimate of drug-likeness (QED) is 0.728. The summed E-state index contributed by atoms with van der Waals surface area (Å²) in [5.74, 6) is 0.779. The van der Waals surface area contributed by atoms with Crippen molar-refractivity contribution in [3.8, 4) is 11.4 Å². The first-order valence-corrected chi connectivity index (χ1v) is 9.82. The molecule has 1 aromatic carbocycles. The van der Waals surface area contributed by atoms with Gasteiger partial charge in [-0.1, -0.05) is 13.0 Å². The smallest absolute Gasteiger partial charge is 0.180 e. The molecule has 0 saturated heterocycles. The fourth-order valence-corrected chi connectivity index (χ4v) is 4.10. The number of imidazole rings is 1. The summed E-state index contributed by atoms with van der Waals surface area (Å²) >= 11 is 0. The van der Waals surface area contributed by atoms with E-state index in [9.17, 15) is 8.42 Å². The summed E-state index contributed by atoms with van der Waals surface area (Å²) in [4.78, 5) is 9.08. The molecule has 0 radical (unpaired) electrons. The Labute approximate surface area is 141 Å². The Morgan fingerprint density at radius 2 is 2.04 bits per heavy atom. The van der Waals surface area contributed by atoms with Crippen LogP contribution in [0.1, 0.15) is 31.4 Å². The van der Waals surface area contributed by atoms with E-state index in [2.05, 4.69) is 21.7 Å². The van der Waals surface area contributed by atoms with Gasteiger partial charge < -0.3 is 4.57 Å². The van der Waals surface area contributed by atoms with Gasteiger partial charge in [-0.25, -0.2) is 13.4 Å². The molecule has 4 rings (SSSR count). The van der Waals surface area contributed by atoms with Crippen LogP contribution in [0.2, 0.25) is 0 Å². The second-order valence-electron chi connectivity index (χ2n) is 6.30. The Balaban J connectivity index is 2.03. The fourth-order valence-electron chi connectivity index (χ4n) is 3.07. The molecule has 6 heteroatoms. The van der Waals surface area contributed by atoms with Crippen molar-refractivity contribution < 1.29 is 8.42 Å². The number of hydrogen-bond donors (Lipinski definition) is 0. The monoisotopic (exact) mass is 341 g/mol. The number of hydrogen-bond acceptors (Lipinski definition) is 4. The summed E-state index contributed by atoms with van der Waals surface area (Å²) in [6.45, 7) is 3.69.